The lowest BCUT2D eigenvalue weighted by Gasteiger charge is -2.41. The van der Waals surface area contributed by atoms with E-state index in [1.54, 1.807) is 6.20 Å². The number of anilines is 2. The average Bonchev–Trinajstić information content (AvgIpc) is 2.54. The van der Waals surface area contributed by atoms with Crippen molar-refractivity contribution in [2.45, 2.75) is 32.4 Å². The summed E-state index contributed by atoms with van der Waals surface area (Å²) in [5, 5.41) is 1.04. The van der Waals surface area contributed by atoms with Crippen LogP contribution in [0.1, 0.15) is 20.3 Å². The van der Waals surface area contributed by atoms with E-state index < -0.39 is 0 Å². The number of aromatic nitrogens is 3. The first-order chi connectivity index (χ1) is 10.7. The van der Waals surface area contributed by atoms with Gasteiger partial charge in [-0.25, -0.2) is 4.98 Å². The van der Waals surface area contributed by atoms with E-state index in [1.165, 1.54) is 6.42 Å². The first kappa shape index (κ1) is 13.7. The second-order valence-electron chi connectivity index (χ2n) is 6.17. The molecule has 0 amide bonds. The lowest BCUT2D eigenvalue weighted by molar-refractivity contribution is 0.0981. The van der Waals surface area contributed by atoms with Crippen LogP contribution in [0.2, 0.25) is 0 Å². The molecular weight excluding hydrogens is 278 g/mol. The maximum Gasteiger partial charge on any atom is 0.229 e. The van der Waals surface area contributed by atoms with E-state index in [1.807, 2.05) is 6.07 Å². The van der Waals surface area contributed by atoms with E-state index in [9.17, 15) is 0 Å². The van der Waals surface area contributed by atoms with Gasteiger partial charge in [0.2, 0.25) is 5.95 Å². The highest BCUT2D eigenvalue weighted by molar-refractivity contribution is 5.88. The first-order valence-corrected chi connectivity index (χ1v) is 7.98. The van der Waals surface area contributed by atoms with Gasteiger partial charge < -0.3 is 14.5 Å². The highest BCUT2D eigenvalue weighted by atomic mass is 16.5. The van der Waals surface area contributed by atoms with Crippen LogP contribution in [0.5, 0.6) is 0 Å². The van der Waals surface area contributed by atoms with Crippen LogP contribution in [0.15, 0.2) is 18.3 Å². The predicted octanol–water partition coefficient (Wildman–Crippen LogP) is 1.85. The third-order valence-corrected chi connectivity index (χ3v) is 4.66. The molecule has 116 valence electrons. The van der Waals surface area contributed by atoms with Crippen molar-refractivity contribution >= 4 is 22.8 Å². The van der Waals surface area contributed by atoms with Gasteiger partial charge in [-0.1, -0.05) is 0 Å². The zero-order chi connectivity index (χ0) is 15.1. The van der Waals surface area contributed by atoms with Crippen molar-refractivity contribution in [3.8, 4) is 0 Å². The SMILES string of the molecule is CC1CCN1c1nc(N2CCOC[C@H]2C)nc2ncccc12. The summed E-state index contributed by atoms with van der Waals surface area (Å²) >= 11 is 0. The summed E-state index contributed by atoms with van der Waals surface area (Å²) in [6, 6.07) is 4.84. The predicted molar refractivity (Wildman–Crippen MR) is 86.4 cm³/mol. The Morgan fingerprint density at radius 3 is 2.77 bits per heavy atom. The summed E-state index contributed by atoms with van der Waals surface area (Å²) in [5.41, 5.74) is 0.778. The van der Waals surface area contributed by atoms with Gasteiger partial charge in [-0.15, -0.1) is 0 Å². The van der Waals surface area contributed by atoms with Gasteiger partial charge >= 0.3 is 0 Å². The van der Waals surface area contributed by atoms with Crippen molar-refractivity contribution in [2.24, 2.45) is 0 Å². The number of fused-ring (bicyclic) bond motifs is 1. The van der Waals surface area contributed by atoms with E-state index in [4.69, 9.17) is 14.7 Å². The zero-order valence-electron chi connectivity index (χ0n) is 13.1. The van der Waals surface area contributed by atoms with Crippen LogP contribution < -0.4 is 9.80 Å². The van der Waals surface area contributed by atoms with Crippen LogP contribution in [-0.2, 0) is 4.74 Å². The third kappa shape index (κ3) is 2.18. The molecule has 0 spiro atoms. The standard InChI is InChI=1S/C16H21N5O/c1-11-5-7-20(11)15-13-4-3-6-17-14(13)18-16(19-15)21-8-9-22-10-12(21)2/h3-4,6,11-12H,5,7-10H2,1-2H3/t11?,12-/m1/s1. The number of pyridine rings is 1. The lowest BCUT2D eigenvalue weighted by atomic mass is 10.1. The maximum absolute atomic E-state index is 5.52. The molecule has 6 heteroatoms. The van der Waals surface area contributed by atoms with Crippen molar-refractivity contribution < 1.29 is 4.74 Å². The molecule has 2 aromatic rings. The molecule has 2 saturated heterocycles. The summed E-state index contributed by atoms with van der Waals surface area (Å²) in [5.74, 6) is 1.79. The summed E-state index contributed by atoms with van der Waals surface area (Å²) in [4.78, 5) is 18.6. The second-order valence-corrected chi connectivity index (χ2v) is 6.17. The third-order valence-electron chi connectivity index (χ3n) is 4.66. The van der Waals surface area contributed by atoms with E-state index in [2.05, 4.69) is 34.7 Å². The number of ether oxygens (including phenoxy) is 1. The minimum absolute atomic E-state index is 0.288. The number of nitrogens with zero attached hydrogens (tertiary/aromatic N) is 5. The van der Waals surface area contributed by atoms with E-state index in [0.29, 0.717) is 6.04 Å². The van der Waals surface area contributed by atoms with Crippen molar-refractivity contribution in [1.82, 2.24) is 15.0 Å². The van der Waals surface area contributed by atoms with Crippen LogP contribution >= 0.6 is 0 Å². The Hall–Kier alpha value is -1.95. The van der Waals surface area contributed by atoms with Gasteiger partial charge in [0.05, 0.1) is 24.6 Å². The smallest absolute Gasteiger partial charge is 0.229 e. The summed E-state index contributed by atoms with van der Waals surface area (Å²) in [6.45, 7) is 7.72. The van der Waals surface area contributed by atoms with Gasteiger partial charge in [0.25, 0.3) is 0 Å². The van der Waals surface area contributed by atoms with Crippen LogP contribution in [0.4, 0.5) is 11.8 Å². The van der Waals surface area contributed by atoms with Gasteiger partial charge in [0.15, 0.2) is 5.65 Å². The van der Waals surface area contributed by atoms with E-state index in [0.717, 1.165) is 49.1 Å². The van der Waals surface area contributed by atoms with Gasteiger partial charge in [-0.05, 0) is 32.4 Å². The van der Waals surface area contributed by atoms with Crippen LogP contribution in [0.3, 0.4) is 0 Å². The Bertz CT molecular complexity index is 691. The highest BCUT2D eigenvalue weighted by Crippen LogP contribution is 2.32. The number of morpholine rings is 1. The fourth-order valence-electron chi connectivity index (χ4n) is 3.14. The molecule has 2 aromatic heterocycles. The second kappa shape index (κ2) is 5.35. The van der Waals surface area contributed by atoms with Crippen LogP contribution in [-0.4, -0.2) is 53.3 Å². The molecule has 2 aliphatic heterocycles. The zero-order valence-corrected chi connectivity index (χ0v) is 13.1. The van der Waals surface area contributed by atoms with Crippen LogP contribution in [0.25, 0.3) is 11.0 Å². The Balaban J connectivity index is 1.82. The Kier molecular flexibility index (Phi) is 3.33. The molecule has 6 nitrogen and oxygen atoms in total. The topological polar surface area (TPSA) is 54.4 Å². The minimum Gasteiger partial charge on any atom is -0.377 e. The normalized spacial score (nSPS) is 25.4. The monoisotopic (exact) mass is 299 g/mol. The molecule has 4 rings (SSSR count). The van der Waals surface area contributed by atoms with Gasteiger partial charge in [0, 0.05) is 25.3 Å². The van der Waals surface area contributed by atoms with Crippen molar-refractivity contribution in [1.29, 1.82) is 0 Å². The van der Waals surface area contributed by atoms with Gasteiger partial charge in [-0.3, -0.25) is 0 Å². The highest BCUT2D eigenvalue weighted by Gasteiger charge is 2.29. The molecule has 0 radical (unpaired) electrons. The fraction of sp³-hybridized carbons (Fsp3) is 0.562. The number of hydrogen-bond donors (Lipinski definition) is 0. The first-order valence-electron chi connectivity index (χ1n) is 7.98. The minimum atomic E-state index is 0.288. The van der Waals surface area contributed by atoms with Gasteiger partial charge in [-0.2, -0.15) is 9.97 Å². The fourth-order valence-corrected chi connectivity index (χ4v) is 3.14. The lowest BCUT2D eigenvalue weighted by Crippen LogP contribution is -2.47. The van der Waals surface area contributed by atoms with Crippen molar-refractivity contribution in [2.75, 3.05) is 36.1 Å². The average molecular weight is 299 g/mol. The maximum atomic E-state index is 5.52. The molecular formula is C16H21N5O. The molecule has 1 unspecified atom stereocenters. The van der Waals surface area contributed by atoms with Crippen LogP contribution in [0, 0.1) is 0 Å². The summed E-state index contributed by atoms with van der Waals surface area (Å²) in [6.07, 6.45) is 3.01. The number of rotatable bonds is 2. The molecule has 0 aromatic carbocycles. The molecule has 0 saturated carbocycles. The quantitative estimate of drug-likeness (QED) is 0.843. The molecule has 2 fully saturated rings. The molecule has 2 atom stereocenters. The summed E-state index contributed by atoms with van der Waals surface area (Å²) < 4.78 is 5.52. The molecule has 0 aliphatic carbocycles. The Morgan fingerprint density at radius 1 is 1.14 bits per heavy atom. The Labute approximate surface area is 130 Å². The molecule has 2 aliphatic rings. The van der Waals surface area contributed by atoms with E-state index in [-0.39, 0.29) is 6.04 Å². The van der Waals surface area contributed by atoms with E-state index >= 15 is 0 Å². The van der Waals surface area contributed by atoms with Gasteiger partial charge in [0.1, 0.15) is 5.82 Å². The molecule has 4 heterocycles. The Morgan fingerprint density at radius 2 is 2.05 bits per heavy atom. The van der Waals surface area contributed by atoms with Crippen molar-refractivity contribution in [3.63, 3.8) is 0 Å². The molecule has 0 bridgehead atoms. The number of hydrogen-bond acceptors (Lipinski definition) is 6. The summed E-state index contributed by atoms with van der Waals surface area (Å²) in [7, 11) is 0. The molecule has 22 heavy (non-hydrogen) atoms. The van der Waals surface area contributed by atoms with Crippen molar-refractivity contribution in [3.05, 3.63) is 18.3 Å². The molecule has 0 N–H and O–H groups in total. The largest absolute Gasteiger partial charge is 0.377 e.